The number of amidine groups is 1. The van der Waals surface area contributed by atoms with E-state index in [4.69, 9.17) is 21.1 Å². The molecule has 2 aromatic rings. The van der Waals surface area contributed by atoms with Gasteiger partial charge in [0.2, 0.25) is 0 Å². The molecule has 0 unspecified atom stereocenters. The highest BCUT2D eigenvalue weighted by Gasteiger charge is 2.35. The minimum absolute atomic E-state index is 0.132. The highest BCUT2D eigenvalue weighted by molar-refractivity contribution is 8.14. The van der Waals surface area contributed by atoms with Gasteiger partial charge in [-0.05, 0) is 29.8 Å². The molecule has 6 nitrogen and oxygen atoms in total. The molecule has 4 rings (SSSR count). The largest absolute Gasteiger partial charge is 0.493 e. The first-order valence-electron chi connectivity index (χ1n) is 8.57. The average molecular weight is 416 g/mol. The number of anilines is 1. The van der Waals surface area contributed by atoms with Gasteiger partial charge in [0.25, 0.3) is 5.91 Å². The number of thioether (sulfide) groups is 1. The van der Waals surface area contributed by atoms with Crippen LogP contribution in [0.25, 0.3) is 6.08 Å². The van der Waals surface area contributed by atoms with Crippen molar-refractivity contribution in [1.82, 2.24) is 4.90 Å². The van der Waals surface area contributed by atoms with E-state index in [0.717, 1.165) is 11.3 Å². The quantitative estimate of drug-likeness (QED) is 0.705. The number of benzene rings is 2. The van der Waals surface area contributed by atoms with Gasteiger partial charge in [-0.3, -0.25) is 9.69 Å². The molecule has 0 bridgehead atoms. The molecule has 0 saturated carbocycles. The molecule has 0 spiro atoms. The molecule has 0 aliphatic carbocycles. The summed E-state index contributed by atoms with van der Waals surface area (Å²) in [6.07, 6.45) is 1.73. The highest BCUT2D eigenvalue weighted by atomic mass is 35.5. The van der Waals surface area contributed by atoms with Gasteiger partial charge in [0.1, 0.15) is 12.4 Å². The second kappa shape index (κ2) is 7.77. The van der Waals surface area contributed by atoms with Gasteiger partial charge >= 0.3 is 0 Å². The summed E-state index contributed by atoms with van der Waals surface area (Å²) < 4.78 is 10.7. The maximum absolute atomic E-state index is 12.9. The van der Waals surface area contributed by atoms with Gasteiger partial charge in [-0.25, -0.2) is 4.99 Å². The number of hydrogen-bond donors (Lipinski definition) is 0. The van der Waals surface area contributed by atoms with Crippen LogP contribution in [0.4, 0.5) is 5.69 Å². The van der Waals surface area contributed by atoms with Gasteiger partial charge in [-0.2, -0.15) is 0 Å². The fourth-order valence-corrected chi connectivity index (χ4v) is 4.18. The lowest BCUT2D eigenvalue weighted by Crippen LogP contribution is -2.46. The summed E-state index contributed by atoms with van der Waals surface area (Å²) in [5, 5.41) is 1.30. The van der Waals surface area contributed by atoms with Crippen molar-refractivity contribution in [3.63, 3.8) is 0 Å². The van der Waals surface area contributed by atoms with Crippen molar-refractivity contribution >= 4 is 46.2 Å². The van der Waals surface area contributed by atoms with E-state index in [1.165, 1.54) is 11.8 Å². The first kappa shape index (κ1) is 18.7. The zero-order valence-corrected chi connectivity index (χ0v) is 17.0. The fourth-order valence-electron chi connectivity index (χ4n) is 3.03. The van der Waals surface area contributed by atoms with Crippen molar-refractivity contribution in [1.29, 1.82) is 0 Å². The third-order valence-electron chi connectivity index (χ3n) is 4.50. The van der Waals surface area contributed by atoms with Crippen LogP contribution in [0.15, 0.2) is 53.2 Å². The van der Waals surface area contributed by atoms with Gasteiger partial charge < -0.3 is 14.4 Å². The Labute approximate surface area is 172 Å². The number of amides is 1. The molecule has 144 valence electrons. The summed E-state index contributed by atoms with van der Waals surface area (Å²) in [4.78, 5) is 21.1. The Morgan fingerprint density at radius 2 is 1.93 bits per heavy atom. The van der Waals surface area contributed by atoms with E-state index >= 15 is 0 Å². The van der Waals surface area contributed by atoms with Crippen LogP contribution < -0.4 is 14.4 Å². The van der Waals surface area contributed by atoms with Gasteiger partial charge in [0.15, 0.2) is 16.7 Å². The highest BCUT2D eigenvalue weighted by Crippen LogP contribution is 2.35. The van der Waals surface area contributed by atoms with Gasteiger partial charge in [-0.15, -0.1) is 0 Å². The van der Waals surface area contributed by atoms with E-state index in [0.29, 0.717) is 39.9 Å². The summed E-state index contributed by atoms with van der Waals surface area (Å²) in [5.41, 5.74) is 2.11. The molecule has 0 N–H and O–H groups in total. The Kier molecular flexibility index (Phi) is 5.19. The number of nitrogens with zero attached hydrogens (tertiary/aromatic N) is 3. The van der Waals surface area contributed by atoms with Crippen LogP contribution in [0, 0.1) is 0 Å². The van der Waals surface area contributed by atoms with Gasteiger partial charge in [-0.1, -0.05) is 41.6 Å². The summed E-state index contributed by atoms with van der Waals surface area (Å²) in [5.74, 6) is 1.86. The lowest BCUT2D eigenvalue weighted by molar-refractivity contribution is -0.122. The summed E-state index contributed by atoms with van der Waals surface area (Å²) in [7, 11) is 3.21. The van der Waals surface area contributed by atoms with Crippen LogP contribution in [0.3, 0.4) is 0 Å². The topological polar surface area (TPSA) is 54.4 Å². The molecule has 1 saturated heterocycles. The van der Waals surface area contributed by atoms with E-state index in [-0.39, 0.29) is 5.91 Å². The van der Waals surface area contributed by atoms with Crippen LogP contribution >= 0.6 is 23.4 Å². The molecule has 1 amide bonds. The molecule has 1 fully saturated rings. The fraction of sp³-hybridized carbons (Fsp3) is 0.200. The Bertz CT molecular complexity index is 992. The molecule has 0 aromatic heterocycles. The maximum Gasteiger partial charge on any atom is 0.280 e. The van der Waals surface area contributed by atoms with Crippen LogP contribution in [0.1, 0.15) is 5.56 Å². The summed E-state index contributed by atoms with van der Waals surface area (Å²) in [6.45, 7) is 0.417. The summed E-state index contributed by atoms with van der Waals surface area (Å²) >= 11 is 7.72. The van der Waals surface area contributed by atoms with Crippen molar-refractivity contribution in [2.24, 2.45) is 4.99 Å². The Hall–Kier alpha value is -2.64. The number of rotatable bonds is 4. The number of carbonyl (C=O) groups excluding carboxylic acids is 1. The third-order valence-corrected chi connectivity index (χ3v) is 5.86. The normalized spacial score (nSPS) is 17.6. The molecular weight excluding hydrogens is 398 g/mol. The van der Waals surface area contributed by atoms with Crippen LogP contribution in [-0.2, 0) is 4.79 Å². The van der Waals surface area contributed by atoms with E-state index in [1.54, 1.807) is 31.3 Å². The van der Waals surface area contributed by atoms with E-state index in [1.807, 2.05) is 36.4 Å². The lowest BCUT2D eigenvalue weighted by atomic mass is 10.2. The number of fused-ring (bicyclic) bond motifs is 1. The Morgan fingerprint density at radius 3 is 2.68 bits per heavy atom. The number of methoxy groups -OCH3 is 2. The molecule has 0 atom stereocenters. The summed E-state index contributed by atoms with van der Waals surface area (Å²) in [6, 6.07) is 13.1. The molecular formula is C20H18ClN3O3S. The average Bonchev–Trinajstić information content (AvgIpc) is 3.04. The number of halogens is 1. The monoisotopic (exact) mass is 415 g/mol. The number of hydrogen-bond acceptors (Lipinski definition) is 6. The minimum atomic E-state index is -0.132. The standard InChI is InChI=1S/C20H18ClN3O3S/c1-26-17-8-7-14(10-18(17)27-2)23-11-24-19(25)16(22-20(24)28-12-23)9-13-5-3-4-6-15(13)21/h3-10H,11-12H2,1-2H3. The number of aliphatic imine (C=N–C) groups is 1. The first-order chi connectivity index (χ1) is 13.6. The van der Waals surface area contributed by atoms with Gasteiger partial charge in [0, 0.05) is 16.8 Å². The van der Waals surface area contributed by atoms with Crippen molar-refractivity contribution in [2.75, 3.05) is 31.7 Å². The van der Waals surface area contributed by atoms with E-state index in [2.05, 4.69) is 9.89 Å². The molecule has 2 aromatic carbocycles. The molecule has 8 heteroatoms. The van der Waals surface area contributed by atoms with E-state index < -0.39 is 0 Å². The maximum atomic E-state index is 12.9. The zero-order valence-electron chi connectivity index (χ0n) is 15.4. The first-order valence-corrected chi connectivity index (χ1v) is 9.93. The smallest absolute Gasteiger partial charge is 0.280 e. The van der Waals surface area contributed by atoms with Crippen molar-refractivity contribution in [3.8, 4) is 11.5 Å². The van der Waals surface area contributed by atoms with Crippen molar-refractivity contribution < 1.29 is 14.3 Å². The third kappa shape index (κ3) is 3.43. The molecule has 0 radical (unpaired) electrons. The second-order valence-electron chi connectivity index (χ2n) is 6.17. The Balaban J connectivity index is 1.57. The van der Waals surface area contributed by atoms with Crippen LogP contribution in [0.5, 0.6) is 11.5 Å². The minimum Gasteiger partial charge on any atom is -0.493 e. The molecule has 2 aliphatic rings. The van der Waals surface area contributed by atoms with Gasteiger partial charge in [0.05, 0.1) is 20.1 Å². The molecule has 2 aliphatic heterocycles. The SMILES string of the molecule is COc1ccc(N2CSC3=NC(=Cc4ccccc4Cl)C(=O)N3C2)cc1OC. The van der Waals surface area contributed by atoms with Crippen molar-refractivity contribution in [3.05, 3.63) is 58.7 Å². The molecule has 28 heavy (non-hydrogen) atoms. The van der Waals surface area contributed by atoms with E-state index in [9.17, 15) is 4.79 Å². The zero-order chi connectivity index (χ0) is 19.7. The molecule has 2 heterocycles. The van der Waals surface area contributed by atoms with Crippen LogP contribution in [0.2, 0.25) is 5.02 Å². The lowest BCUT2D eigenvalue weighted by Gasteiger charge is -2.34. The predicted octanol–water partition coefficient (Wildman–Crippen LogP) is 4.06. The van der Waals surface area contributed by atoms with Crippen molar-refractivity contribution in [2.45, 2.75) is 0 Å². The predicted molar refractivity (Wildman–Crippen MR) is 113 cm³/mol. The number of carbonyl (C=O) groups is 1. The Morgan fingerprint density at radius 1 is 1.14 bits per heavy atom. The van der Waals surface area contributed by atoms with Crippen LogP contribution in [-0.4, -0.2) is 42.7 Å². The second-order valence-corrected chi connectivity index (χ2v) is 7.49. The number of ether oxygens (including phenoxy) is 2.